The molecule has 0 aliphatic carbocycles. The van der Waals surface area contributed by atoms with Gasteiger partial charge in [-0.3, -0.25) is 4.79 Å². The van der Waals surface area contributed by atoms with E-state index in [1.165, 1.54) is 11.3 Å². The van der Waals surface area contributed by atoms with Crippen LogP contribution in [-0.2, 0) is 0 Å². The molecule has 2 rings (SSSR count). The number of amides is 1. The SMILES string of the molecule is C[C@@H](CO)NC(=O)c1sc2cc(Cl)ccc2c1Cl. The Bertz CT molecular complexity index is 597. The number of fused-ring (bicyclic) bond motifs is 1. The van der Waals surface area contributed by atoms with Crippen molar-refractivity contribution >= 4 is 50.5 Å². The number of hydrogen-bond acceptors (Lipinski definition) is 3. The fourth-order valence-electron chi connectivity index (χ4n) is 1.52. The van der Waals surface area contributed by atoms with Crippen molar-refractivity contribution < 1.29 is 9.90 Å². The lowest BCUT2D eigenvalue weighted by Gasteiger charge is -2.09. The molecule has 0 saturated carbocycles. The standard InChI is InChI=1S/C12H11Cl2NO2S/c1-6(5-16)15-12(17)11-10(14)8-3-2-7(13)4-9(8)18-11/h2-4,6,16H,5H2,1H3,(H,15,17)/t6-/m0/s1. The van der Waals surface area contributed by atoms with Crippen LogP contribution >= 0.6 is 34.5 Å². The van der Waals surface area contributed by atoms with Gasteiger partial charge in [0.1, 0.15) is 4.88 Å². The summed E-state index contributed by atoms with van der Waals surface area (Å²) >= 11 is 13.4. The molecule has 0 aliphatic rings. The van der Waals surface area contributed by atoms with E-state index in [-0.39, 0.29) is 18.6 Å². The van der Waals surface area contributed by atoms with E-state index in [0.29, 0.717) is 14.9 Å². The maximum Gasteiger partial charge on any atom is 0.263 e. The number of aliphatic hydroxyl groups excluding tert-OH is 1. The Kier molecular flexibility index (Phi) is 4.12. The number of nitrogens with one attached hydrogen (secondary N) is 1. The van der Waals surface area contributed by atoms with Crippen molar-refractivity contribution in [2.75, 3.05) is 6.61 Å². The molecular weight excluding hydrogens is 293 g/mol. The van der Waals surface area contributed by atoms with Crippen molar-refractivity contribution in [2.24, 2.45) is 0 Å². The topological polar surface area (TPSA) is 49.3 Å². The number of hydrogen-bond donors (Lipinski definition) is 2. The average Bonchev–Trinajstić information content (AvgIpc) is 2.66. The predicted octanol–water partition coefficient (Wildman–Crippen LogP) is 3.32. The van der Waals surface area contributed by atoms with Gasteiger partial charge in [-0.2, -0.15) is 0 Å². The Hall–Kier alpha value is -0.810. The summed E-state index contributed by atoms with van der Waals surface area (Å²) in [6.07, 6.45) is 0. The second-order valence-electron chi connectivity index (χ2n) is 3.94. The van der Waals surface area contributed by atoms with Crippen LogP contribution in [0.2, 0.25) is 10.0 Å². The lowest BCUT2D eigenvalue weighted by Crippen LogP contribution is -2.34. The third-order valence-corrected chi connectivity index (χ3v) is 4.34. The smallest absolute Gasteiger partial charge is 0.263 e. The highest BCUT2D eigenvalue weighted by molar-refractivity contribution is 7.21. The number of carbonyl (C=O) groups is 1. The van der Waals surface area contributed by atoms with Crippen LogP contribution in [0.4, 0.5) is 0 Å². The zero-order valence-corrected chi connectivity index (χ0v) is 11.9. The molecule has 6 heteroatoms. The molecule has 0 spiro atoms. The van der Waals surface area contributed by atoms with Gasteiger partial charge in [-0.05, 0) is 19.1 Å². The van der Waals surface area contributed by atoms with Crippen molar-refractivity contribution in [3.8, 4) is 0 Å². The van der Waals surface area contributed by atoms with Gasteiger partial charge in [0.15, 0.2) is 0 Å². The van der Waals surface area contributed by atoms with Gasteiger partial charge in [0, 0.05) is 21.2 Å². The first-order valence-corrected chi connectivity index (χ1v) is 6.89. The molecule has 0 fully saturated rings. The van der Waals surface area contributed by atoms with Crippen LogP contribution in [-0.4, -0.2) is 23.7 Å². The third-order valence-electron chi connectivity index (χ3n) is 2.45. The lowest BCUT2D eigenvalue weighted by molar-refractivity contribution is 0.0926. The maximum atomic E-state index is 12.0. The normalized spacial score (nSPS) is 12.7. The van der Waals surface area contributed by atoms with Gasteiger partial charge >= 0.3 is 0 Å². The fourth-order valence-corrected chi connectivity index (χ4v) is 3.22. The first-order valence-electron chi connectivity index (χ1n) is 5.32. The van der Waals surface area contributed by atoms with Gasteiger partial charge < -0.3 is 10.4 Å². The predicted molar refractivity (Wildman–Crippen MR) is 75.9 cm³/mol. The number of aliphatic hydroxyl groups is 1. The first kappa shape index (κ1) is 13.6. The fraction of sp³-hybridized carbons (Fsp3) is 0.250. The summed E-state index contributed by atoms with van der Waals surface area (Å²) in [5.74, 6) is -0.279. The van der Waals surface area contributed by atoms with Crippen molar-refractivity contribution in [1.29, 1.82) is 0 Å². The third kappa shape index (κ3) is 2.62. The van der Waals surface area contributed by atoms with E-state index < -0.39 is 0 Å². The van der Waals surface area contributed by atoms with Crippen LogP contribution in [0.25, 0.3) is 10.1 Å². The van der Waals surface area contributed by atoms with E-state index in [4.69, 9.17) is 28.3 Å². The zero-order chi connectivity index (χ0) is 13.3. The minimum Gasteiger partial charge on any atom is -0.394 e. The molecule has 1 heterocycles. The maximum absolute atomic E-state index is 12.0. The molecule has 1 amide bonds. The number of benzene rings is 1. The van der Waals surface area contributed by atoms with Crippen LogP contribution in [0.15, 0.2) is 18.2 Å². The highest BCUT2D eigenvalue weighted by Gasteiger charge is 2.18. The molecule has 1 atom stereocenters. The van der Waals surface area contributed by atoms with Crippen LogP contribution in [0.5, 0.6) is 0 Å². The molecule has 0 aliphatic heterocycles. The Morgan fingerprint density at radius 1 is 1.50 bits per heavy atom. The Morgan fingerprint density at radius 2 is 2.22 bits per heavy atom. The number of rotatable bonds is 3. The van der Waals surface area contributed by atoms with Crippen molar-refractivity contribution in [3.63, 3.8) is 0 Å². The average molecular weight is 304 g/mol. The monoisotopic (exact) mass is 303 g/mol. The molecule has 2 N–H and O–H groups in total. The molecule has 0 unspecified atom stereocenters. The van der Waals surface area contributed by atoms with Crippen LogP contribution in [0.3, 0.4) is 0 Å². The van der Waals surface area contributed by atoms with Crippen LogP contribution in [0, 0.1) is 0 Å². The zero-order valence-electron chi connectivity index (χ0n) is 9.54. The minimum atomic E-state index is -0.303. The Morgan fingerprint density at radius 3 is 2.89 bits per heavy atom. The van der Waals surface area contributed by atoms with Gasteiger partial charge in [0.2, 0.25) is 0 Å². The van der Waals surface area contributed by atoms with Gasteiger partial charge in [-0.15, -0.1) is 11.3 Å². The van der Waals surface area contributed by atoms with E-state index in [2.05, 4.69) is 5.32 Å². The molecule has 3 nitrogen and oxygen atoms in total. The van der Waals surface area contributed by atoms with E-state index in [0.717, 1.165) is 10.1 Å². The summed E-state index contributed by atoms with van der Waals surface area (Å²) in [6, 6.07) is 5.01. The second-order valence-corrected chi connectivity index (χ2v) is 5.81. The second kappa shape index (κ2) is 5.45. The number of carbonyl (C=O) groups excluding carboxylic acids is 1. The lowest BCUT2D eigenvalue weighted by atomic mass is 10.2. The highest BCUT2D eigenvalue weighted by Crippen LogP contribution is 2.36. The summed E-state index contributed by atoms with van der Waals surface area (Å²) in [7, 11) is 0. The van der Waals surface area contributed by atoms with E-state index in [1.54, 1.807) is 25.1 Å². The van der Waals surface area contributed by atoms with E-state index >= 15 is 0 Å². The first-order chi connectivity index (χ1) is 8.52. The van der Waals surface area contributed by atoms with E-state index in [9.17, 15) is 4.79 Å². The summed E-state index contributed by atoms with van der Waals surface area (Å²) in [5.41, 5.74) is 0. The van der Waals surface area contributed by atoms with Crippen LogP contribution < -0.4 is 5.32 Å². The Labute approximate surface area is 118 Å². The summed E-state index contributed by atoms with van der Waals surface area (Å²) in [4.78, 5) is 12.4. The van der Waals surface area contributed by atoms with Gasteiger partial charge in [0.25, 0.3) is 5.91 Å². The molecule has 2 aromatic rings. The molecule has 96 valence electrons. The van der Waals surface area contributed by atoms with Crippen molar-refractivity contribution in [2.45, 2.75) is 13.0 Å². The van der Waals surface area contributed by atoms with Crippen LogP contribution in [0.1, 0.15) is 16.6 Å². The highest BCUT2D eigenvalue weighted by atomic mass is 35.5. The van der Waals surface area contributed by atoms with Crippen molar-refractivity contribution in [1.82, 2.24) is 5.32 Å². The minimum absolute atomic E-state index is 0.111. The van der Waals surface area contributed by atoms with Gasteiger partial charge in [0.05, 0.1) is 11.6 Å². The molecule has 1 aromatic carbocycles. The summed E-state index contributed by atoms with van der Waals surface area (Å²) < 4.78 is 0.870. The molecule has 18 heavy (non-hydrogen) atoms. The largest absolute Gasteiger partial charge is 0.394 e. The summed E-state index contributed by atoms with van der Waals surface area (Å²) in [5, 5.41) is 13.4. The molecule has 0 saturated heterocycles. The molecule has 0 bridgehead atoms. The van der Waals surface area contributed by atoms with Crippen molar-refractivity contribution in [3.05, 3.63) is 33.1 Å². The van der Waals surface area contributed by atoms with Gasteiger partial charge in [-0.25, -0.2) is 0 Å². The van der Waals surface area contributed by atoms with Gasteiger partial charge in [-0.1, -0.05) is 29.3 Å². The van der Waals surface area contributed by atoms with E-state index in [1.807, 2.05) is 0 Å². The molecule has 1 aromatic heterocycles. The summed E-state index contributed by atoms with van der Waals surface area (Å²) in [6.45, 7) is 1.61. The molecule has 0 radical (unpaired) electrons. The molecular formula is C12H11Cl2NO2S. The number of halogens is 2. The Balaban J connectivity index is 2.39. The quantitative estimate of drug-likeness (QED) is 0.914. The number of thiophene rings is 1.